The van der Waals surface area contributed by atoms with Gasteiger partial charge in [-0.1, -0.05) is 0 Å². The largest absolute Gasteiger partial charge is 0.469 e. The van der Waals surface area contributed by atoms with Gasteiger partial charge >= 0.3 is 5.69 Å². The zero-order chi connectivity index (χ0) is 12.4. The number of furan rings is 1. The van der Waals surface area contributed by atoms with E-state index in [0.717, 1.165) is 12.0 Å². The quantitative estimate of drug-likeness (QED) is 0.644. The Hall–Kier alpha value is -2.31. The van der Waals surface area contributed by atoms with E-state index in [4.69, 9.17) is 10.2 Å². The van der Waals surface area contributed by atoms with E-state index < -0.39 is 4.92 Å². The summed E-state index contributed by atoms with van der Waals surface area (Å²) in [5.41, 5.74) is 5.49. The first kappa shape index (κ1) is 11.2. The van der Waals surface area contributed by atoms with Crippen molar-refractivity contribution in [3.8, 4) is 0 Å². The Labute approximate surface area is 97.0 Å². The molecule has 2 heterocycles. The molecule has 1 atom stereocenters. The highest BCUT2D eigenvalue weighted by Gasteiger charge is 2.21. The third kappa shape index (κ3) is 2.12. The molecule has 0 fully saturated rings. The second-order valence-electron chi connectivity index (χ2n) is 3.75. The van der Waals surface area contributed by atoms with Gasteiger partial charge in [-0.2, -0.15) is 5.10 Å². The monoisotopic (exact) mass is 236 g/mol. The fourth-order valence-corrected chi connectivity index (χ4v) is 1.66. The van der Waals surface area contributed by atoms with Crippen LogP contribution in [-0.2, 0) is 6.42 Å². The van der Waals surface area contributed by atoms with Crippen molar-refractivity contribution in [2.24, 2.45) is 0 Å². The summed E-state index contributed by atoms with van der Waals surface area (Å²) in [6.07, 6.45) is 3.32. The standard InChI is InChI=1S/C10H12N4O3/c1-7(5-8-3-2-4-17-8)13-10(11)9(6-12-13)14(15)16/h2-4,6-7H,5,11H2,1H3. The number of nitrogen functional groups attached to an aromatic ring is 1. The van der Waals surface area contributed by atoms with E-state index in [9.17, 15) is 10.1 Å². The molecule has 90 valence electrons. The maximum absolute atomic E-state index is 10.6. The molecule has 0 aliphatic carbocycles. The van der Waals surface area contributed by atoms with Gasteiger partial charge in [-0.3, -0.25) is 10.1 Å². The fraction of sp³-hybridized carbons (Fsp3) is 0.300. The molecule has 2 aromatic heterocycles. The van der Waals surface area contributed by atoms with Crippen LogP contribution in [0.15, 0.2) is 29.0 Å². The number of nitrogens with zero attached hydrogens (tertiary/aromatic N) is 3. The molecule has 7 heteroatoms. The first-order chi connectivity index (χ1) is 8.09. The summed E-state index contributed by atoms with van der Waals surface area (Å²) < 4.78 is 6.64. The van der Waals surface area contributed by atoms with Crippen LogP contribution in [0.5, 0.6) is 0 Å². The summed E-state index contributed by atoms with van der Waals surface area (Å²) in [6.45, 7) is 1.87. The lowest BCUT2D eigenvalue weighted by atomic mass is 10.2. The zero-order valence-electron chi connectivity index (χ0n) is 9.24. The van der Waals surface area contributed by atoms with Crippen molar-refractivity contribution in [3.63, 3.8) is 0 Å². The van der Waals surface area contributed by atoms with Gasteiger partial charge in [-0.15, -0.1) is 0 Å². The van der Waals surface area contributed by atoms with Crippen LogP contribution in [0.1, 0.15) is 18.7 Å². The van der Waals surface area contributed by atoms with Crippen molar-refractivity contribution in [2.45, 2.75) is 19.4 Å². The molecule has 2 rings (SSSR count). The van der Waals surface area contributed by atoms with Gasteiger partial charge in [-0.25, -0.2) is 4.68 Å². The Morgan fingerprint density at radius 1 is 1.71 bits per heavy atom. The van der Waals surface area contributed by atoms with Crippen molar-refractivity contribution in [1.29, 1.82) is 0 Å². The maximum atomic E-state index is 10.6. The van der Waals surface area contributed by atoms with Crippen LogP contribution in [0.2, 0.25) is 0 Å². The summed E-state index contributed by atoms with van der Waals surface area (Å²) in [7, 11) is 0. The molecule has 7 nitrogen and oxygen atoms in total. The molecular formula is C10H12N4O3. The summed E-state index contributed by atoms with van der Waals surface area (Å²) in [4.78, 5) is 10.1. The van der Waals surface area contributed by atoms with Gasteiger partial charge in [0.1, 0.15) is 12.0 Å². The Kier molecular flexibility index (Phi) is 2.82. The number of aromatic nitrogens is 2. The molecule has 0 saturated heterocycles. The molecule has 0 amide bonds. The molecule has 17 heavy (non-hydrogen) atoms. The predicted octanol–water partition coefficient (Wildman–Crippen LogP) is 1.77. The van der Waals surface area contributed by atoms with Crippen LogP contribution in [0, 0.1) is 10.1 Å². The van der Waals surface area contributed by atoms with Crippen LogP contribution in [0.4, 0.5) is 11.5 Å². The molecule has 0 spiro atoms. The summed E-state index contributed by atoms with van der Waals surface area (Å²) in [5, 5.41) is 14.6. The molecular weight excluding hydrogens is 224 g/mol. The molecule has 0 saturated carbocycles. The normalized spacial score (nSPS) is 12.5. The van der Waals surface area contributed by atoms with E-state index >= 15 is 0 Å². The minimum Gasteiger partial charge on any atom is -0.469 e. The zero-order valence-corrected chi connectivity index (χ0v) is 9.24. The number of nitrogens with two attached hydrogens (primary N) is 1. The number of hydrogen-bond donors (Lipinski definition) is 1. The van der Waals surface area contributed by atoms with Crippen molar-refractivity contribution in [3.05, 3.63) is 40.5 Å². The van der Waals surface area contributed by atoms with Gasteiger partial charge in [0.2, 0.25) is 5.82 Å². The Bertz CT molecular complexity index is 518. The minimum absolute atomic E-state index is 0.0639. The molecule has 1 unspecified atom stereocenters. The molecule has 2 aromatic rings. The lowest BCUT2D eigenvalue weighted by Crippen LogP contribution is -2.12. The Morgan fingerprint density at radius 3 is 3.00 bits per heavy atom. The highest BCUT2D eigenvalue weighted by atomic mass is 16.6. The molecule has 2 N–H and O–H groups in total. The van der Waals surface area contributed by atoms with Crippen molar-refractivity contribution in [2.75, 3.05) is 5.73 Å². The average Bonchev–Trinajstić information content (AvgIpc) is 2.86. The number of anilines is 1. The van der Waals surface area contributed by atoms with E-state index in [1.54, 1.807) is 12.3 Å². The summed E-state index contributed by atoms with van der Waals surface area (Å²) >= 11 is 0. The first-order valence-electron chi connectivity index (χ1n) is 5.09. The highest BCUT2D eigenvalue weighted by molar-refractivity contribution is 5.51. The molecule has 0 aliphatic rings. The SMILES string of the molecule is CC(Cc1ccco1)n1ncc([N+](=O)[O-])c1N. The topological polar surface area (TPSA) is 100 Å². The summed E-state index contributed by atoms with van der Waals surface area (Å²) in [6, 6.07) is 3.52. The van der Waals surface area contributed by atoms with Crippen LogP contribution < -0.4 is 5.73 Å². The molecule has 0 bridgehead atoms. The van der Waals surface area contributed by atoms with E-state index in [2.05, 4.69) is 5.10 Å². The minimum atomic E-state index is -0.543. The lowest BCUT2D eigenvalue weighted by Gasteiger charge is -2.11. The predicted molar refractivity (Wildman–Crippen MR) is 60.4 cm³/mol. The van der Waals surface area contributed by atoms with Gasteiger partial charge in [0.05, 0.1) is 17.2 Å². The van der Waals surface area contributed by atoms with Gasteiger partial charge in [0.15, 0.2) is 0 Å². The fourth-order valence-electron chi connectivity index (χ4n) is 1.66. The first-order valence-corrected chi connectivity index (χ1v) is 5.09. The van der Waals surface area contributed by atoms with Crippen LogP contribution in [0.3, 0.4) is 0 Å². The number of nitro groups is 1. The number of hydrogen-bond acceptors (Lipinski definition) is 5. The average molecular weight is 236 g/mol. The molecule has 0 aliphatic heterocycles. The second kappa shape index (κ2) is 4.28. The van der Waals surface area contributed by atoms with Gasteiger partial charge in [-0.05, 0) is 19.1 Å². The summed E-state index contributed by atoms with van der Waals surface area (Å²) in [5.74, 6) is 0.851. The number of rotatable bonds is 4. The van der Waals surface area contributed by atoms with Gasteiger partial charge in [0, 0.05) is 6.42 Å². The third-order valence-electron chi connectivity index (χ3n) is 2.50. The van der Waals surface area contributed by atoms with E-state index in [0.29, 0.717) is 6.42 Å². The van der Waals surface area contributed by atoms with E-state index in [-0.39, 0.29) is 17.5 Å². The van der Waals surface area contributed by atoms with Crippen LogP contribution >= 0.6 is 0 Å². The van der Waals surface area contributed by atoms with Gasteiger partial charge in [0.25, 0.3) is 0 Å². The van der Waals surface area contributed by atoms with Crippen LogP contribution in [0.25, 0.3) is 0 Å². The van der Waals surface area contributed by atoms with E-state index in [1.807, 2.05) is 13.0 Å². The van der Waals surface area contributed by atoms with Crippen molar-refractivity contribution < 1.29 is 9.34 Å². The molecule has 0 aromatic carbocycles. The van der Waals surface area contributed by atoms with Crippen molar-refractivity contribution in [1.82, 2.24) is 9.78 Å². The second-order valence-corrected chi connectivity index (χ2v) is 3.75. The maximum Gasteiger partial charge on any atom is 0.330 e. The van der Waals surface area contributed by atoms with Crippen molar-refractivity contribution >= 4 is 11.5 Å². The molecule has 0 radical (unpaired) electrons. The lowest BCUT2D eigenvalue weighted by molar-refractivity contribution is -0.384. The van der Waals surface area contributed by atoms with Crippen LogP contribution in [-0.4, -0.2) is 14.7 Å². The Balaban J connectivity index is 2.19. The van der Waals surface area contributed by atoms with E-state index in [1.165, 1.54) is 4.68 Å². The smallest absolute Gasteiger partial charge is 0.330 e. The third-order valence-corrected chi connectivity index (χ3v) is 2.50. The highest BCUT2D eigenvalue weighted by Crippen LogP contribution is 2.25. The Morgan fingerprint density at radius 2 is 2.47 bits per heavy atom. The van der Waals surface area contributed by atoms with Gasteiger partial charge < -0.3 is 10.2 Å².